The van der Waals surface area contributed by atoms with Gasteiger partial charge < -0.3 is 10.2 Å². The summed E-state index contributed by atoms with van der Waals surface area (Å²) in [6.07, 6.45) is 6.88. The van der Waals surface area contributed by atoms with Gasteiger partial charge in [-0.3, -0.25) is 4.79 Å². The summed E-state index contributed by atoms with van der Waals surface area (Å²) in [7, 11) is 0. The molecule has 128 valence electrons. The molecule has 1 atom stereocenters. The van der Waals surface area contributed by atoms with Crippen LogP contribution in [0, 0.1) is 12.8 Å². The predicted octanol–water partition coefficient (Wildman–Crippen LogP) is 3.88. The number of piperidine rings is 1. The van der Waals surface area contributed by atoms with Crippen molar-refractivity contribution in [3.05, 3.63) is 23.8 Å². The van der Waals surface area contributed by atoms with E-state index in [9.17, 15) is 4.79 Å². The number of aromatic nitrogens is 1. The van der Waals surface area contributed by atoms with Gasteiger partial charge >= 0.3 is 0 Å². The number of nitrogens with one attached hydrogen (secondary N) is 1. The van der Waals surface area contributed by atoms with Crippen LogP contribution in [0.3, 0.4) is 0 Å². The molecular formula is C19H25N3OS. The highest BCUT2D eigenvalue weighted by Gasteiger charge is 2.29. The number of rotatable bonds is 3. The third-order valence-corrected chi connectivity index (χ3v) is 6.38. The maximum Gasteiger partial charge on any atom is 0.225 e. The molecule has 1 saturated heterocycles. The average molecular weight is 343 g/mol. The zero-order valence-electron chi connectivity index (χ0n) is 14.3. The molecule has 4 nitrogen and oxygen atoms in total. The Balaban J connectivity index is 1.46. The molecule has 0 radical (unpaired) electrons. The Labute approximate surface area is 147 Å². The van der Waals surface area contributed by atoms with E-state index in [-0.39, 0.29) is 11.8 Å². The molecule has 2 aliphatic rings. The zero-order chi connectivity index (χ0) is 16.5. The molecule has 0 spiro atoms. The molecule has 2 heterocycles. The van der Waals surface area contributed by atoms with Crippen LogP contribution in [-0.2, 0) is 4.79 Å². The minimum Gasteiger partial charge on any atom is -0.353 e. The molecule has 2 aromatic rings. The molecular weight excluding hydrogens is 318 g/mol. The molecule has 1 saturated carbocycles. The van der Waals surface area contributed by atoms with E-state index < -0.39 is 0 Å². The van der Waals surface area contributed by atoms with Crippen LogP contribution in [0.15, 0.2) is 18.2 Å². The van der Waals surface area contributed by atoms with Gasteiger partial charge in [-0.05, 0) is 50.3 Å². The number of hydrogen-bond acceptors (Lipinski definition) is 4. The number of anilines is 1. The minimum atomic E-state index is 0.105. The van der Waals surface area contributed by atoms with Crippen LogP contribution < -0.4 is 10.2 Å². The van der Waals surface area contributed by atoms with Crippen molar-refractivity contribution < 1.29 is 4.79 Å². The number of fused-ring (bicyclic) bond motifs is 1. The fourth-order valence-electron chi connectivity index (χ4n) is 3.91. The maximum absolute atomic E-state index is 12.6. The molecule has 1 aromatic heterocycles. The van der Waals surface area contributed by atoms with E-state index in [1.165, 1.54) is 23.1 Å². The average Bonchev–Trinajstić information content (AvgIpc) is 3.24. The predicted molar refractivity (Wildman–Crippen MR) is 99.7 cm³/mol. The van der Waals surface area contributed by atoms with Gasteiger partial charge in [0.15, 0.2) is 5.13 Å². The molecule has 0 bridgehead atoms. The van der Waals surface area contributed by atoms with Crippen molar-refractivity contribution >= 4 is 32.6 Å². The first-order valence-electron chi connectivity index (χ1n) is 9.11. The van der Waals surface area contributed by atoms with Gasteiger partial charge in [-0.15, -0.1) is 0 Å². The zero-order valence-corrected chi connectivity index (χ0v) is 15.1. The molecule has 1 amide bonds. The van der Waals surface area contributed by atoms with Crippen molar-refractivity contribution in [3.63, 3.8) is 0 Å². The van der Waals surface area contributed by atoms with Gasteiger partial charge in [0.1, 0.15) is 0 Å². The third kappa shape index (κ3) is 3.27. The summed E-state index contributed by atoms with van der Waals surface area (Å²) in [5, 5.41) is 4.34. The van der Waals surface area contributed by atoms with E-state index in [4.69, 9.17) is 4.98 Å². The standard InChI is InChI=1S/C19H25N3OS/c1-13-8-9-16-17(11-13)24-19(21-16)22-10-4-5-14(12-22)18(23)20-15-6-2-3-7-15/h8-9,11,14-15H,2-7,10,12H2,1H3,(H,20,23). The fraction of sp³-hybridized carbons (Fsp3) is 0.579. The van der Waals surface area contributed by atoms with E-state index in [0.29, 0.717) is 6.04 Å². The van der Waals surface area contributed by atoms with Gasteiger partial charge in [0.2, 0.25) is 5.91 Å². The van der Waals surface area contributed by atoms with E-state index in [1.54, 1.807) is 11.3 Å². The van der Waals surface area contributed by atoms with Crippen molar-refractivity contribution in [3.8, 4) is 0 Å². The summed E-state index contributed by atoms with van der Waals surface area (Å²) in [6, 6.07) is 6.82. The third-order valence-electron chi connectivity index (χ3n) is 5.30. The van der Waals surface area contributed by atoms with Gasteiger partial charge in [-0.2, -0.15) is 0 Å². The summed E-state index contributed by atoms with van der Waals surface area (Å²) >= 11 is 1.75. The first-order chi connectivity index (χ1) is 11.7. The molecule has 2 fully saturated rings. The summed E-state index contributed by atoms with van der Waals surface area (Å²) in [6.45, 7) is 3.92. The van der Waals surface area contributed by atoms with Gasteiger partial charge in [0.25, 0.3) is 0 Å². The highest BCUT2D eigenvalue weighted by molar-refractivity contribution is 7.22. The fourth-order valence-corrected chi connectivity index (χ4v) is 5.01. The number of aryl methyl sites for hydroxylation is 1. The minimum absolute atomic E-state index is 0.105. The van der Waals surface area contributed by atoms with Crippen molar-refractivity contribution in [1.82, 2.24) is 10.3 Å². The number of nitrogens with zero attached hydrogens (tertiary/aromatic N) is 2. The van der Waals surface area contributed by atoms with Crippen LogP contribution in [-0.4, -0.2) is 30.0 Å². The number of carbonyl (C=O) groups excluding carboxylic acids is 1. The lowest BCUT2D eigenvalue weighted by Gasteiger charge is -2.32. The van der Waals surface area contributed by atoms with Crippen molar-refractivity contribution in [2.24, 2.45) is 5.92 Å². The van der Waals surface area contributed by atoms with E-state index in [2.05, 4.69) is 35.3 Å². The van der Waals surface area contributed by atoms with Crippen molar-refractivity contribution in [2.75, 3.05) is 18.0 Å². The summed E-state index contributed by atoms with van der Waals surface area (Å²) < 4.78 is 1.24. The first-order valence-corrected chi connectivity index (χ1v) is 9.93. The number of thiazole rings is 1. The lowest BCUT2D eigenvalue weighted by Crippen LogP contribution is -2.45. The highest BCUT2D eigenvalue weighted by atomic mass is 32.1. The molecule has 24 heavy (non-hydrogen) atoms. The Hall–Kier alpha value is -1.62. The normalized spacial score (nSPS) is 22.2. The largest absolute Gasteiger partial charge is 0.353 e. The number of benzene rings is 1. The van der Waals surface area contributed by atoms with E-state index in [0.717, 1.165) is 49.4 Å². The Bertz CT molecular complexity index is 735. The van der Waals surface area contributed by atoms with Crippen molar-refractivity contribution in [1.29, 1.82) is 0 Å². The molecule has 4 rings (SSSR count). The topological polar surface area (TPSA) is 45.2 Å². The molecule has 5 heteroatoms. The second-order valence-electron chi connectivity index (χ2n) is 7.24. The van der Waals surface area contributed by atoms with Crippen LogP contribution in [0.4, 0.5) is 5.13 Å². The van der Waals surface area contributed by atoms with E-state index in [1.807, 2.05) is 0 Å². The molecule has 1 unspecified atom stereocenters. The van der Waals surface area contributed by atoms with Gasteiger partial charge in [-0.25, -0.2) is 4.98 Å². The number of amides is 1. The Morgan fingerprint density at radius 3 is 2.92 bits per heavy atom. The highest BCUT2D eigenvalue weighted by Crippen LogP contribution is 2.32. The quantitative estimate of drug-likeness (QED) is 0.920. The van der Waals surface area contributed by atoms with Crippen molar-refractivity contribution in [2.45, 2.75) is 51.5 Å². The SMILES string of the molecule is Cc1ccc2nc(N3CCCC(C(=O)NC4CCCC4)C3)sc2c1. The summed E-state index contributed by atoms with van der Waals surface area (Å²) in [5.74, 6) is 0.358. The van der Waals surface area contributed by atoms with Crippen LogP contribution >= 0.6 is 11.3 Å². The summed E-state index contributed by atoms with van der Waals surface area (Å²) in [5.41, 5.74) is 2.34. The first kappa shape index (κ1) is 15.9. The smallest absolute Gasteiger partial charge is 0.225 e. The van der Waals surface area contributed by atoms with Crippen LogP contribution in [0.25, 0.3) is 10.2 Å². The molecule has 1 aromatic carbocycles. The second-order valence-corrected chi connectivity index (χ2v) is 8.25. The monoisotopic (exact) mass is 343 g/mol. The van der Waals surface area contributed by atoms with Crippen LogP contribution in [0.1, 0.15) is 44.1 Å². The lowest BCUT2D eigenvalue weighted by atomic mass is 9.97. The van der Waals surface area contributed by atoms with Gasteiger partial charge in [0, 0.05) is 19.1 Å². The Kier molecular flexibility index (Phi) is 4.44. The van der Waals surface area contributed by atoms with Gasteiger partial charge in [-0.1, -0.05) is 30.2 Å². The lowest BCUT2D eigenvalue weighted by molar-refractivity contribution is -0.125. The molecule has 1 aliphatic carbocycles. The Morgan fingerprint density at radius 1 is 1.25 bits per heavy atom. The molecule has 1 aliphatic heterocycles. The maximum atomic E-state index is 12.6. The number of carbonyl (C=O) groups is 1. The Morgan fingerprint density at radius 2 is 2.08 bits per heavy atom. The van der Waals surface area contributed by atoms with E-state index >= 15 is 0 Å². The molecule has 1 N–H and O–H groups in total. The van der Waals surface area contributed by atoms with Gasteiger partial charge in [0.05, 0.1) is 16.1 Å². The number of hydrogen-bond donors (Lipinski definition) is 1. The second kappa shape index (κ2) is 6.71. The van der Waals surface area contributed by atoms with Crippen LogP contribution in [0.2, 0.25) is 0 Å². The van der Waals surface area contributed by atoms with Crippen LogP contribution in [0.5, 0.6) is 0 Å². The summed E-state index contributed by atoms with van der Waals surface area (Å²) in [4.78, 5) is 19.7.